The van der Waals surface area contributed by atoms with E-state index in [0.29, 0.717) is 48.7 Å². The third-order valence-electron chi connectivity index (χ3n) is 8.00. The van der Waals surface area contributed by atoms with Gasteiger partial charge in [-0.15, -0.1) is 0 Å². The molecular formula is C38H47N2O9+. The number of rotatable bonds is 17. The molecule has 11 nitrogen and oxygen atoms in total. The topological polar surface area (TPSA) is 143 Å². The fourth-order valence-corrected chi connectivity index (χ4v) is 5.29. The van der Waals surface area contributed by atoms with Crippen molar-refractivity contribution in [1.82, 2.24) is 0 Å². The van der Waals surface area contributed by atoms with E-state index in [1.54, 1.807) is 38.1 Å². The number of allylic oxidation sites excluding steroid dienone is 5. The number of aliphatic hydroxyl groups excluding tert-OH is 1. The minimum Gasteiger partial charge on any atom is -0.507 e. The van der Waals surface area contributed by atoms with Gasteiger partial charge in [0.25, 0.3) is 0 Å². The Labute approximate surface area is 287 Å². The fraction of sp³-hybridized carbons (Fsp3) is 0.395. The molecule has 2 aliphatic rings. The number of phenolic OH excluding ortho intramolecular Hbond substituents is 1. The Balaban J connectivity index is 1.98. The lowest BCUT2D eigenvalue weighted by Crippen LogP contribution is -2.29. The maximum absolute atomic E-state index is 13.4. The number of hydrogen-bond acceptors (Lipinski definition) is 10. The molecule has 0 fully saturated rings. The molecule has 0 amide bonds. The summed E-state index contributed by atoms with van der Waals surface area (Å²) in [5.74, 6) is -3.29. The second kappa shape index (κ2) is 17.8. The van der Waals surface area contributed by atoms with Gasteiger partial charge in [0.2, 0.25) is 17.3 Å². The van der Waals surface area contributed by atoms with Crippen LogP contribution in [-0.4, -0.2) is 90.5 Å². The predicted octanol–water partition coefficient (Wildman–Crippen LogP) is 5.31. The highest BCUT2D eigenvalue weighted by Gasteiger charge is 2.42. The van der Waals surface area contributed by atoms with E-state index in [0.717, 1.165) is 25.7 Å². The molecule has 0 bridgehead atoms. The summed E-state index contributed by atoms with van der Waals surface area (Å²) in [7, 11) is 1.32. The predicted molar refractivity (Wildman–Crippen MR) is 188 cm³/mol. The lowest BCUT2D eigenvalue weighted by molar-refractivity contribution is -0.529. The summed E-state index contributed by atoms with van der Waals surface area (Å²) in [5.41, 5.74) is 1.84. The number of esters is 2. The number of nitrogens with zero attached hydrogens (tertiary/aromatic N) is 2. The molecule has 2 aliphatic carbocycles. The lowest BCUT2D eigenvalue weighted by atomic mass is 9.98. The summed E-state index contributed by atoms with van der Waals surface area (Å²) in [6.45, 7) is 16.6. The van der Waals surface area contributed by atoms with Crippen molar-refractivity contribution in [2.45, 2.75) is 53.4 Å². The van der Waals surface area contributed by atoms with Crippen molar-refractivity contribution >= 4 is 40.5 Å². The molecule has 0 atom stereocenters. The van der Waals surface area contributed by atoms with Crippen molar-refractivity contribution in [1.29, 1.82) is 0 Å². The Morgan fingerprint density at radius 2 is 1.49 bits per heavy atom. The fourth-order valence-electron chi connectivity index (χ4n) is 5.29. The van der Waals surface area contributed by atoms with Crippen molar-refractivity contribution in [2.24, 2.45) is 0 Å². The van der Waals surface area contributed by atoms with Gasteiger partial charge in [0, 0.05) is 53.1 Å². The summed E-state index contributed by atoms with van der Waals surface area (Å²) in [4.78, 5) is 52.5. The zero-order valence-corrected chi connectivity index (χ0v) is 29.1. The maximum atomic E-state index is 13.4. The normalized spacial score (nSPS) is 16.8. The van der Waals surface area contributed by atoms with E-state index in [-0.39, 0.29) is 52.8 Å². The zero-order chi connectivity index (χ0) is 36.2. The summed E-state index contributed by atoms with van der Waals surface area (Å²) in [5, 5.41) is 22.3. The molecule has 3 rings (SSSR count). The number of Topliss-reactive ketones (excluding diaryl/α,β-unsaturated/α-hetero) is 2. The van der Waals surface area contributed by atoms with E-state index >= 15 is 0 Å². The molecule has 0 aliphatic heterocycles. The average molecular weight is 676 g/mol. The van der Waals surface area contributed by atoms with Gasteiger partial charge < -0.3 is 29.3 Å². The van der Waals surface area contributed by atoms with Crippen molar-refractivity contribution in [3.63, 3.8) is 0 Å². The maximum Gasteiger partial charge on any atom is 0.333 e. The lowest BCUT2D eigenvalue weighted by Gasteiger charge is -2.25. The zero-order valence-electron chi connectivity index (χ0n) is 29.1. The summed E-state index contributed by atoms with van der Waals surface area (Å²) in [6.07, 6.45) is 8.28. The van der Waals surface area contributed by atoms with Gasteiger partial charge in [-0.25, -0.2) is 14.2 Å². The van der Waals surface area contributed by atoms with Crippen LogP contribution in [0.1, 0.15) is 58.9 Å². The summed E-state index contributed by atoms with van der Waals surface area (Å²) < 4.78 is 18.1. The Morgan fingerprint density at radius 1 is 0.857 bits per heavy atom. The van der Waals surface area contributed by atoms with E-state index in [1.165, 1.54) is 19.3 Å². The third kappa shape index (κ3) is 9.46. The van der Waals surface area contributed by atoms with E-state index in [9.17, 15) is 29.4 Å². The number of aliphatic hydroxyl groups is 1. The SMILES string of the molecule is C=C(C)C(=O)OCCN(CCCC)c1ccc(C2=C(OC)/C(=C3\C=CC(=[N+](CCCC)CCOC(=O)C(=C)C)C=C3O)C(=O)C2=O)c(O)c1. The standard InChI is InChI=1S/C38H46N2O9/c1-8-10-16-39(18-20-48-37(45)24(3)4)26-12-14-28(30(41)22-26)32-34(43)35(44)33(36(32)47-7)29-15-13-27(23-31(29)42)40(17-11-9-2)19-21-49-38(46)25(5)6/h12-15,22-23H,3,5,8-11,16-21H2,1-2,4,6-7H3,(H,41,42)/p+1. The molecule has 49 heavy (non-hydrogen) atoms. The minimum absolute atomic E-state index is 0.0646. The Bertz CT molecular complexity index is 1670. The van der Waals surface area contributed by atoms with Crippen molar-refractivity contribution in [3.8, 4) is 5.75 Å². The largest absolute Gasteiger partial charge is 0.507 e. The van der Waals surface area contributed by atoms with Gasteiger partial charge in [-0.3, -0.25) is 9.59 Å². The van der Waals surface area contributed by atoms with Crippen LogP contribution in [0.3, 0.4) is 0 Å². The molecule has 2 N–H and O–H groups in total. The Morgan fingerprint density at radius 3 is 2.06 bits per heavy atom. The smallest absolute Gasteiger partial charge is 0.333 e. The number of ether oxygens (including phenoxy) is 3. The molecule has 0 spiro atoms. The van der Waals surface area contributed by atoms with Gasteiger partial charge in [0.15, 0.2) is 6.54 Å². The molecule has 0 radical (unpaired) electrons. The quantitative estimate of drug-likeness (QED) is 0.0966. The molecule has 11 heteroatoms. The van der Waals surface area contributed by atoms with Gasteiger partial charge in [-0.1, -0.05) is 39.8 Å². The average Bonchev–Trinajstić information content (AvgIpc) is 3.32. The number of unbranched alkanes of at least 4 members (excludes halogenated alkanes) is 2. The first-order valence-corrected chi connectivity index (χ1v) is 16.4. The van der Waals surface area contributed by atoms with Crippen LogP contribution in [0.2, 0.25) is 0 Å². The number of ketones is 2. The molecule has 0 saturated carbocycles. The van der Waals surface area contributed by atoms with Gasteiger partial charge in [-0.2, -0.15) is 0 Å². The number of benzene rings is 1. The number of hydrogen-bond donors (Lipinski definition) is 2. The van der Waals surface area contributed by atoms with Crippen LogP contribution in [0, 0.1) is 0 Å². The van der Waals surface area contributed by atoms with Crippen LogP contribution in [0.5, 0.6) is 5.75 Å². The van der Waals surface area contributed by atoms with Gasteiger partial charge >= 0.3 is 11.9 Å². The monoisotopic (exact) mass is 675 g/mol. The number of carbonyl (C=O) groups is 4. The van der Waals surface area contributed by atoms with Crippen molar-refractivity contribution in [3.05, 3.63) is 89.0 Å². The number of methoxy groups -OCH3 is 1. The van der Waals surface area contributed by atoms with E-state index in [2.05, 4.69) is 13.2 Å². The molecule has 0 heterocycles. The van der Waals surface area contributed by atoms with Crippen LogP contribution in [0.4, 0.5) is 5.69 Å². The van der Waals surface area contributed by atoms with Gasteiger partial charge in [0.05, 0.1) is 30.9 Å². The van der Waals surface area contributed by atoms with Crippen molar-refractivity contribution < 1.29 is 48.2 Å². The first-order valence-electron chi connectivity index (χ1n) is 16.4. The van der Waals surface area contributed by atoms with Crippen LogP contribution >= 0.6 is 0 Å². The van der Waals surface area contributed by atoms with Crippen LogP contribution < -0.4 is 4.90 Å². The van der Waals surface area contributed by atoms with Crippen LogP contribution in [0.25, 0.3) is 5.57 Å². The highest BCUT2D eigenvalue weighted by atomic mass is 16.5. The number of phenols is 1. The highest BCUT2D eigenvalue weighted by Crippen LogP contribution is 2.41. The van der Waals surface area contributed by atoms with Crippen LogP contribution in [0.15, 0.2) is 83.4 Å². The first-order chi connectivity index (χ1) is 23.4. The molecular weight excluding hydrogens is 628 g/mol. The van der Waals surface area contributed by atoms with E-state index < -0.39 is 23.5 Å². The number of anilines is 1. The molecule has 1 aromatic rings. The molecule has 1 aromatic carbocycles. The molecule has 0 aromatic heterocycles. The molecule has 0 saturated heterocycles. The Kier molecular flexibility index (Phi) is 13.9. The Hall–Kier alpha value is -5.19. The third-order valence-corrected chi connectivity index (χ3v) is 8.00. The molecule has 0 unspecified atom stereocenters. The first kappa shape index (κ1) is 38.3. The second-order valence-electron chi connectivity index (χ2n) is 11.9. The number of aromatic hydroxyl groups is 1. The summed E-state index contributed by atoms with van der Waals surface area (Å²) >= 11 is 0. The second-order valence-corrected chi connectivity index (χ2v) is 11.9. The van der Waals surface area contributed by atoms with Gasteiger partial charge in [-0.05, 0) is 38.5 Å². The van der Waals surface area contributed by atoms with Gasteiger partial charge in [0.1, 0.15) is 37.0 Å². The summed E-state index contributed by atoms with van der Waals surface area (Å²) in [6, 6.07) is 4.75. The van der Waals surface area contributed by atoms with Crippen molar-refractivity contribution in [2.75, 3.05) is 51.4 Å². The van der Waals surface area contributed by atoms with E-state index in [4.69, 9.17) is 14.2 Å². The highest BCUT2D eigenvalue weighted by molar-refractivity contribution is 6.63. The molecule has 262 valence electrons. The minimum atomic E-state index is -0.878. The number of carbonyl (C=O) groups excluding carboxylic acids is 4. The van der Waals surface area contributed by atoms with E-state index in [1.807, 2.05) is 23.3 Å². The van der Waals surface area contributed by atoms with Crippen LogP contribution in [-0.2, 0) is 33.4 Å².